The van der Waals surface area contributed by atoms with Crippen LogP contribution in [0.5, 0.6) is 5.75 Å². The molecule has 1 aromatic carbocycles. The molecule has 0 aliphatic heterocycles. The van der Waals surface area contributed by atoms with Crippen molar-refractivity contribution in [2.75, 3.05) is 13.7 Å². The molecule has 1 aromatic rings. The lowest BCUT2D eigenvalue weighted by molar-refractivity contribution is -0.0914. The van der Waals surface area contributed by atoms with Crippen LogP contribution in [0.2, 0.25) is 0 Å². The first-order valence-corrected chi connectivity index (χ1v) is 7.91. The molecule has 118 valence electrons. The van der Waals surface area contributed by atoms with Gasteiger partial charge in [-0.1, -0.05) is 25.3 Å². The van der Waals surface area contributed by atoms with Crippen molar-refractivity contribution in [3.8, 4) is 5.75 Å². The molecular weight excluding hydrogens is 264 g/mol. The third-order valence-electron chi connectivity index (χ3n) is 4.61. The molecule has 1 aliphatic carbocycles. The average Bonchev–Trinajstić information content (AvgIpc) is 2.50. The van der Waals surface area contributed by atoms with Crippen molar-refractivity contribution in [1.82, 2.24) is 5.43 Å². The van der Waals surface area contributed by atoms with Gasteiger partial charge in [-0.3, -0.25) is 11.3 Å². The van der Waals surface area contributed by atoms with Crippen molar-refractivity contribution in [3.05, 3.63) is 29.3 Å². The molecule has 0 amide bonds. The van der Waals surface area contributed by atoms with E-state index >= 15 is 0 Å². The van der Waals surface area contributed by atoms with Crippen molar-refractivity contribution in [2.45, 2.75) is 57.6 Å². The summed E-state index contributed by atoms with van der Waals surface area (Å²) >= 11 is 0. The Balaban J connectivity index is 2.36. The minimum absolute atomic E-state index is 0.0173. The summed E-state index contributed by atoms with van der Waals surface area (Å²) in [6.45, 7) is 4.88. The topological polar surface area (TPSA) is 56.5 Å². The molecule has 1 atom stereocenters. The molecule has 0 heterocycles. The number of nitrogens with two attached hydrogens (primary N) is 1. The van der Waals surface area contributed by atoms with Crippen molar-refractivity contribution in [3.63, 3.8) is 0 Å². The van der Waals surface area contributed by atoms with Crippen LogP contribution in [0.3, 0.4) is 0 Å². The quantitative estimate of drug-likeness (QED) is 0.624. The normalized spacial score (nSPS) is 19.2. The second kappa shape index (κ2) is 7.25. The van der Waals surface area contributed by atoms with E-state index in [0.717, 1.165) is 18.6 Å². The van der Waals surface area contributed by atoms with E-state index in [2.05, 4.69) is 31.4 Å². The van der Waals surface area contributed by atoms with Crippen LogP contribution in [0.15, 0.2) is 18.2 Å². The molecule has 1 aliphatic rings. The van der Waals surface area contributed by atoms with Gasteiger partial charge in [-0.2, -0.15) is 0 Å². The molecule has 0 aromatic heterocycles. The third kappa shape index (κ3) is 3.39. The first-order valence-electron chi connectivity index (χ1n) is 7.91. The highest BCUT2D eigenvalue weighted by Gasteiger charge is 2.41. The zero-order valence-corrected chi connectivity index (χ0v) is 13.4. The highest BCUT2D eigenvalue weighted by molar-refractivity contribution is 5.38. The molecule has 0 bridgehead atoms. The summed E-state index contributed by atoms with van der Waals surface area (Å²) in [6, 6.07) is 6.18. The van der Waals surface area contributed by atoms with Crippen molar-refractivity contribution in [2.24, 2.45) is 5.84 Å². The number of ether oxygens (including phenoxy) is 2. The van der Waals surface area contributed by atoms with Crippen LogP contribution in [0.1, 0.15) is 56.2 Å². The van der Waals surface area contributed by atoms with Crippen LogP contribution in [-0.4, -0.2) is 19.3 Å². The Kier molecular flexibility index (Phi) is 5.62. The standard InChI is InChI=1S/C17H28N2O2/c1-4-21-17(10-6-5-7-11-17)16(19-18)15-9-8-14(20-3)12-13(15)2/h8-9,12,16,19H,4-7,10-11,18H2,1-3H3. The maximum atomic E-state index is 6.22. The van der Waals surface area contributed by atoms with Gasteiger partial charge in [0.25, 0.3) is 0 Å². The molecule has 2 rings (SSSR count). The molecule has 1 saturated carbocycles. The summed E-state index contributed by atoms with van der Waals surface area (Å²) in [5.41, 5.74) is 5.22. The van der Waals surface area contributed by atoms with Crippen LogP contribution in [0.25, 0.3) is 0 Å². The van der Waals surface area contributed by atoms with E-state index in [4.69, 9.17) is 15.3 Å². The van der Waals surface area contributed by atoms with Crippen LogP contribution >= 0.6 is 0 Å². The first kappa shape index (κ1) is 16.3. The molecule has 1 fully saturated rings. The van der Waals surface area contributed by atoms with Gasteiger partial charge in [0.15, 0.2) is 0 Å². The fourth-order valence-electron chi connectivity index (χ4n) is 3.58. The van der Waals surface area contributed by atoms with Gasteiger partial charge >= 0.3 is 0 Å². The minimum atomic E-state index is -0.193. The maximum Gasteiger partial charge on any atom is 0.119 e. The number of nitrogens with one attached hydrogen (secondary N) is 1. The van der Waals surface area contributed by atoms with Gasteiger partial charge in [0.05, 0.1) is 18.8 Å². The summed E-state index contributed by atoms with van der Waals surface area (Å²) in [7, 11) is 1.69. The summed E-state index contributed by atoms with van der Waals surface area (Å²) in [4.78, 5) is 0. The lowest BCUT2D eigenvalue weighted by atomic mass is 9.76. The Labute approximate surface area is 128 Å². The number of methoxy groups -OCH3 is 1. The Morgan fingerprint density at radius 3 is 2.52 bits per heavy atom. The van der Waals surface area contributed by atoms with Gasteiger partial charge in [0.2, 0.25) is 0 Å². The second-order valence-electron chi connectivity index (χ2n) is 5.88. The van der Waals surface area contributed by atoms with Gasteiger partial charge in [0.1, 0.15) is 5.75 Å². The minimum Gasteiger partial charge on any atom is -0.497 e. The van der Waals surface area contributed by atoms with Crippen LogP contribution in [0, 0.1) is 6.92 Å². The average molecular weight is 292 g/mol. The fraction of sp³-hybridized carbons (Fsp3) is 0.647. The first-order chi connectivity index (χ1) is 10.2. The van der Waals surface area contributed by atoms with E-state index in [-0.39, 0.29) is 11.6 Å². The predicted octanol–water partition coefficient (Wildman–Crippen LogP) is 3.25. The molecule has 0 saturated heterocycles. The maximum absolute atomic E-state index is 6.22. The van der Waals surface area contributed by atoms with Crippen LogP contribution in [-0.2, 0) is 4.74 Å². The SMILES string of the molecule is CCOC1(C(NN)c2ccc(OC)cc2C)CCCCC1. The Morgan fingerprint density at radius 2 is 2.00 bits per heavy atom. The van der Waals surface area contributed by atoms with Gasteiger partial charge in [-0.15, -0.1) is 0 Å². The Hall–Kier alpha value is -1.10. The third-order valence-corrected chi connectivity index (χ3v) is 4.61. The zero-order chi connectivity index (χ0) is 15.3. The molecule has 1 unspecified atom stereocenters. The van der Waals surface area contributed by atoms with E-state index < -0.39 is 0 Å². The smallest absolute Gasteiger partial charge is 0.119 e. The molecule has 0 spiro atoms. The molecule has 0 radical (unpaired) electrons. The van der Waals surface area contributed by atoms with Gasteiger partial charge in [-0.05, 0) is 49.9 Å². The van der Waals surface area contributed by atoms with Crippen molar-refractivity contribution >= 4 is 0 Å². The number of rotatable bonds is 6. The van der Waals surface area contributed by atoms with E-state index in [9.17, 15) is 0 Å². The number of hydrazine groups is 1. The summed E-state index contributed by atoms with van der Waals surface area (Å²) in [5.74, 6) is 6.81. The number of hydrogen-bond donors (Lipinski definition) is 2. The highest BCUT2D eigenvalue weighted by atomic mass is 16.5. The van der Waals surface area contributed by atoms with E-state index in [1.165, 1.54) is 30.4 Å². The zero-order valence-electron chi connectivity index (χ0n) is 13.4. The second-order valence-corrected chi connectivity index (χ2v) is 5.88. The van der Waals surface area contributed by atoms with E-state index in [1.54, 1.807) is 7.11 Å². The van der Waals surface area contributed by atoms with Crippen molar-refractivity contribution in [1.29, 1.82) is 0 Å². The Morgan fingerprint density at radius 1 is 1.29 bits per heavy atom. The molecule has 4 heteroatoms. The molecule has 21 heavy (non-hydrogen) atoms. The van der Waals surface area contributed by atoms with Gasteiger partial charge in [0, 0.05) is 6.61 Å². The lowest BCUT2D eigenvalue weighted by Gasteiger charge is -2.43. The number of aryl methyl sites for hydroxylation is 1. The molecular formula is C17H28N2O2. The lowest BCUT2D eigenvalue weighted by Crippen LogP contribution is -2.50. The fourth-order valence-corrected chi connectivity index (χ4v) is 3.58. The highest BCUT2D eigenvalue weighted by Crippen LogP contribution is 2.42. The summed E-state index contributed by atoms with van der Waals surface area (Å²) in [5, 5.41) is 0. The summed E-state index contributed by atoms with van der Waals surface area (Å²) < 4.78 is 11.5. The van der Waals surface area contributed by atoms with Crippen LogP contribution in [0.4, 0.5) is 0 Å². The molecule has 3 N–H and O–H groups in total. The summed E-state index contributed by atoms with van der Waals surface area (Å²) in [6.07, 6.45) is 5.80. The Bertz CT molecular complexity index is 451. The molecule has 4 nitrogen and oxygen atoms in total. The predicted molar refractivity (Wildman–Crippen MR) is 85.2 cm³/mol. The number of hydrogen-bond acceptors (Lipinski definition) is 4. The largest absolute Gasteiger partial charge is 0.497 e. The van der Waals surface area contributed by atoms with Gasteiger partial charge < -0.3 is 9.47 Å². The van der Waals surface area contributed by atoms with E-state index in [1.807, 2.05) is 6.07 Å². The van der Waals surface area contributed by atoms with Gasteiger partial charge in [-0.25, -0.2) is 0 Å². The monoisotopic (exact) mass is 292 g/mol. The van der Waals surface area contributed by atoms with E-state index in [0.29, 0.717) is 6.61 Å². The van der Waals surface area contributed by atoms with Crippen molar-refractivity contribution < 1.29 is 9.47 Å². The van der Waals surface area contributed by atoms with Crippen LogP contribution < -0.4 is 16.0 Å². The number of benzene rings is 1.